The lowest BCUT2D eigenvalue weighted by Crippen LogP contribution is -2.31. The van der Waals surface area contributed by atoms with E-state index < -0.39 is 18.0 Å². The Morgan fingerprint density at radius 2 is 1.65 bits per heavy atom. The number of rotatable bonds is 8. The van der Waals surface area contributed by atoms with Gasteiger partial charge in [-0.15, -0.1) is 0 Å². The van der Waals surface area contributed by atoms with Crippen molar-refractivity contribution < 1.29 is 19.4 Å². The van der Waals surface area contributed by atoms with E-state index in [0.29, 0.717) is 6.61 Å². The highest BCUT2D eigenvalue weighted by Gasteiger charge is 2.30. The molecular formula is C19H22O4. The highest BCUT2D eigenvalue weighted by atomic mass is 16.5. The van der Waals surface area contributed by atoms with Gasteiger partial charge in [0.2, 0.25) is 0 Å². The van der Waals surface area contributed by atoms with E-state index >= 15 is 0 Å². The standard InChI is InChI=1S/C19H22O4/c1-2-23-19(21)18(16-11-7-4-8-12-16)17(20)14-22-13-15-9-5-3-6-10-15/h3-12,17-18,20H,2,13-14H2,1H3/t17-,18+/m1/s1. The first-order valence-electron chi connectivity index (χ1n) is 7.73. The van der Waals surface area contributed by atoms with Crippen molar-refractivity contribution in [3.63, 3.8) is 0 Å². The van der Waals surface area contributed by atoms with Gasteiger partial charge in [-0.3, -0.25) is 4.79 Å². The Bertz CT molecular complexity index is 583. The maximum Gasteiger partial charge on any atom is 0.316 e. The number of hydrogen-bond donors (Lipinski definition) is 1. The average molecular weight is 314 g/mol. The Hall–Kier alpha value is -2.17. The van der Waals surface area contributed by atoms with E-state index in [9.17, 15) is 9.90 Å². The Balaban J connectivity index is 1.99. The monoisotopic (exact) mass is 314 g/mol. The predicted molar refractivity (Wildman–Crippen MR) is 87.9 cm³/mol. The maximum atomic E-state index is 12.2. The first kappa shape index (κ1) is 17.2. The van der Waals surface area contributed by atoms with Gasteiger partial charge < -0.3 is 14.6 Å². The molecule has 0 aliphatic rings. The summed E-state index contributed by atoms with van der Waals surface area (Å²) in [4.78, 5) is 12.2. The molecule has 122 valence electrons. The summed E-state index contributed by atoms with van der Waals surface area (Å²) < 4.78 is 10.6. The van der Waals surface area contributed by atoms with Crippen LogP contribution in [0.15, 0.2) is 60.7 Å². The molecule has 0 amide bonds. The highest BCUT2D eigenvalue weighted by molar-refractivity contribution is 5.79. The van der Waals surface area contributed by atoms with Crippen molar-refractivity contribution in [3.8, 4) is 0 Å². The van der Waals surface area contributed by atoms with Gasteiger partial charge in [-0.1, -0.05) is 60.7 Å². The summed E-state index contributed by atoms with van der Waals surface area (Å²) in [5.41, 5.74) is 1.74. The number of aliphatic hydroxyl groups excluding tert-OH is 1. The molecular weight excluding hydrogens is 292 g/mol. The molecule has 0 saturated heterocycles. The van der Waals surface area contributed by atoms with Crippen LogP contribution in [0, 0.1) is 0 Å². The van der Waals surface area contributed by atoms with Crippen molar-refractivity contribution in [2.24, 2.45) is 0 Å². The molecule has 1 N–H and O–H groups in total. The molecule has 4 heteroatoms. The van der Waals surface area contributed by atoms with Crippen molar-refractivity contribution in [3.05, 3.63) is 71.8 Å². The molecule has 0 aromatic heterocycles. The van der Waals surface area contributed by atoms with Gasteiger partial charge in [0.25, 0.3) is 0 Å². The zero-order valence-electron chi connectivity index (χ0n) is 13.2. The van der Waals surface area contributed by atoms with Gasteiger partial charge in [0.05, 0.1) is 25.9 Å². The SMILES string of the molecule is CCOC(=O)[C@@H](c1ccccc1)[C@H](O)COCc1ccccc1. The van der Waals surface area contributed by atoms with Crippen LogP contribution in [0.2, 0.25) is 0 Å². The van der Waals surface area contributed by atoms with Crippen LogP contribution in [-0.2, 0) is 20.9 Å². The summed E-state index contributed by atoms with van der Waals surface area (Å²) in [6.07, 6.45) is -0.958. The van der Waals surface area contributed by atoms with Gasteiger partial charge in [0.1, 0.15) is 5.92 Å². The van der Waals surface area contributed by atoms with Crippen LogP contribution in [0.1, 0.15) is 24.0 Å². The van der Waals surface area contributed by atoms with E-state index in [4.69, 9.17) is 9.47 Å². The molecule has 2 rings (SSSR count). The Labute approximate surface area is 136 Å². The third-order valence-corrected chi connectivity index (χ3v) is 3.48. The third kappa shape index (κ3) is 5.20. The molecule has 4 nitrogen and oxygen atoms in total. The van der Waals surface area contributed by atoms with Crippen LogP contribution in [0.4, 0.5) is 0 Å². The quantitative estimate of drug-likeness (QED) is 0.761. The lowest BCUT2D eigenvalue weighted by molar-refractivity contribution is -0.149. The molecule has 2 aromatic carbocycles. The molecule has 0 fully saturated rings. The predicted octanol–water partition coefficient (Wildman–Crippen LogP) is 2.91. The van der Waals surface area contributed by atoms with Gasteiger partial charge in [0.15, 0.2) is 0 Å². The second-order valence-electron chi connectivity index (χ2n) is 5.21. The largest absolute Gasteiger partial charge is 0.465 e. The van der Waals surface area contributed by atoms with Crippen LogP contribution < -0.4 is 0 Å². The van der Waals surface area contributed by atoms with E-state index in [-0.39, 0.29) is 13.2 Å². The van der Waals surface area contributed by atoms with Gasteiger partial charge >= 0.3 is 5.97 Å². The second-order valence-corrected chi connectivity index (χ2v) is 5.21. The molecule has 23 heavy (non-hydrogen) atoms. The number of hydrogen-bond acceptors (Lipinski definition) is 4. The molecule has 2 aromatic rings. The molecule has 0 bridgehead atoms. The van der Waals surface area contributed by atoms with Crippen LogP contribution in [0.25, 0.3) is 0 Å². The van der Waals surface area contributed by atoms with Crippen LogP contribution in [-0.4, -0.2) is 30.4 Å². The fourth-order valence-corrected chi connectivity index (χ4v) is 2.38. The van der Waals surface area contributed by atoms with Gasteiger partial charge in [-0.05, 0) is 18.1 Å². The first-order chi connectivity index (χ1) is 11.2. The van der Waals surface area contributed by atoms with E-state index in [2.05, 4.69) is 0 Å². The summed E-state index contributed by atoms with van der Waals surface area (Å²) in [6, 6.07) is 18.8. The summed E-state index contributed by atoms with van der Waals surface area (Å²) in [7, 11) is 0. The Morgan fingerprint density at radius 1 is 1.04 bits per heavy atom. The summed E-state index contributed by atoms with van der Waals surface area (Å²) in [5, 5.41) is 10.4. The van der Waals surface area contributed by atoms with Gasteiger partial charge in [0, 0.05) is 0 Å². The van der Waals surface area contributed by atoms with Crippen LogP contribution in [0.5, 0.6) is 0 Å². The van der Waals surface area contributed by atoms with Gasteiger partial charge in [-0.2, -0.15) is 0 Å². The van der Waals surface area contributed by atoms with Crippen molar-refractivity contribution >= 4 is 5.97 Å². The Kier molecular flexibility index (Phi) is 6.78. The topological polar surface area (TPSA) is 55.8 Å². The van der Waals surface area contributed by atoms with Crippen LogP contribution in [0.3, 0.4) is 0 Å². The number of carbonyl (C=O) groups is 1. The van der Waals surface area contributed by atoms with Crippen molar-refractivity contribution in [1.82, 2.24) is 0 Å². The summed E-state index contributed by atoms with van der Waals surface area (Å²) in [5.74, 6) is -1.18. The van der Waals surface area contributed by atoms with Gasteiger partial charge in [-0.25, -0.2) is 0 Å². The number of ether oxygens (including phenoxy) is 2. The van der Waals surface area contributed by atoms with Crippen molar-refractivity contribution in [2.45, 2.75) is 25.6 Å². The number of benzene rings is 2. The molecule has 0 spiro atoms. The van der Waals surface area contributed by atoms with Crippen molar-refractivity contribution in [2.75, 3.05) is 13.2 Å². The molecule has 0 aliphatic heterocycles. The van der Waals surface area contributed by atoms with E-state index in [1.165, 1.54) is 0 Å². The molecule has 0 radical (unpaired) electrons. The Morgan fingerprint density at radius 3 is 2.26 bits per heavy atom. The fourth-order valence-electron chi connectivity index (χ4n) is 2.38. The smallest absolute Gasteiger partial charge is 0.316 e. The zero-order chi connectivity index (χ0) is 16.5. The fraction of sp³-hybridized carbons (Fsp3) is 0.316. The molecule has 0 unspecified atom stereocenters. The highest BCUT2D eigenvalue weighted by Crippen LogP contribution is 2.22. The number of esters is 1. The molecule has 2 atom stereocenters. The summed E-state index contributed by atoms with van der Waals surface area (Å²) >= 11 is 0. The summed E-state index contributed by atoms with van der Waals surface area (Å²) in [6.45, 7) is 2.48. The first-order valence-corrected chi connectivity index (χ1v) is 7.73. The lowest BCUT2D eigenvalue weighted by Gasteiger charge is -2.21. The zero-order valence-corrected chi connectivity index (χ0v) is 13.2. The maximum absolute atomic E-state index is 12.2. The normalized spacial score (nSPS) is 13.3. The van der Waals surface area contributed by atoms with E-state index in [1.54, 1.807) is 6.92 Å². The van der Waals surface area contributed by atoms with Crippen LogP contribution >= 0.6 is 0 Å². The van der Waals surface area contributed by atoms with E-state index in [1.807, 2.05) is 60.7 Å². The minimum Gasteiger partial charge on any atom is -0.465 e. The third-order valence-electron chi connectivity index (χ3n) is 3.48. The molecule has 0 saturated carbocycles. The molecule has 0 aliphatic carbocycles. The minimum absolute atomic E-state index is 0.0628. The average Bonchev–Trinajstić information content (AvgIpc) is 2.57. The number of aliphatic hydroxyl groups is 1. The van der Waals surface area contributed by atoms with E-state index in [0.717, 1.165) is 11.1 Å². The second kappa shape index (κ2) is 9.08. The minimum atomic E-state index is -0.958. The lowest BCUT2D eigenvalue weighted by atomic mass is 9.94. The molecule has 0 heterocycles. The van der Waals surface area contributed by atoms with Crippen molar-refractivity contribution in [1.29, 1.82) is 0 Å². The number of carbonyl (C=O) groups excluding carboxylic acids is 1.